The van der Waals surface area contributed by atoms with Crippen molar-refractivity contribution in [3.63, 3.8) is 0 Å². The SMILES string of the molecule is CCCN(C(=O)[C@@H](O)CCc1ccccc1)[C@H]1C[C@H](C(=O)OC)N(S(=O)(=O)c2ccc(OC)cc2)C1. The van der Waals surface area contributed by atoms with Gasteiger partial charge in [-0.15, -0.1) is 0 Å². The van der Waals surface area contributed by atoms with Gasteiger partial charge in [0, 0.05) is 19.1 Å². The van der Waals surface area contributed by atoms with Crippen LogP contribution in [0.5, 0.6) is 5.75 Å². The van der Waals surface area contributed by atoms with Gasteiger partial charge in [0.05, 0.1) is 19.1 Å². The first kappa shape index (κ1) is 27.6. The standard InChI is InChI=1S/C26H34N2O7S/c1-4-16-27(25(30)24(29)15-10-19-8-6-5-7-9-19)20-17-23(26(31)35-3)28(18-20)36(32,33)22-13-11-21(34-2)12-14-22/h5-9,11-14,20,23-24,29H,4,10,15-18H2,1-3H3/t20-,23+,24-/m0/s1. The van der Waals surface area contributed by atoms with E-state index >= 15 is 0 Å². The van der Waals surface area contributed by atoms with E-state index < -0.39 is 40.1 Å². The third-order valence-corrected chi connectivity index (χ3v) is 8.28. The third-order valence-electron chi connectivity index (χ3n) is 6.40. The molecule has 1 saturated heterocycles. The van der Waals surface area contributed by atoms with Crippen molar-refractivity contribution in [2.75, 3.05) is 27.3 Å². The number of hydrogen-bond donors (Lipinski definition) is 1. The summed E-state index contributed by atoms with van der Waals surface area (Å²) in [4.78, 5) is 27.4. The second-order valence-corrected chi connectivity index (χ2v) is 10.6. The Kier molecular flexibility index (Phi) is 9.47. The quantitative estimate of drug-likeness (QED) is 0.454. The van der Waals surface area contributed by atoms with Crippen molar-refractivity contribution < 1.29 is 32.6 Å². The predicted molar refractivity (Wildman–Crippen MR) is 134 cm³/mol. The van der Waals surface area contributed by atoms with Gasteiger partial charge in [-0.25, -0.2) is 8.42 Å². The van der Waals surface area contributed by atoms with Crippen LogP contribution < -0.4 is 4.74 Å². The molecule has 1 aliphatic rings. The molecule has 0 radical (unpaired) electrons. The van der Waals surface area contributed by atoms with E-state index in [4.69, 9.17) is 9.47 Å². The van der Waals surface area contributed by atoms with Gasteiger partial charge in [-0.1, -0.05) is 37.3 Å². The molecule has 196 valence electrons. The number of amides is 1. The molecule has 2 aromatic rings. The Labute approximate surface area is 212 Å². The molecule has 1 N–H and O–H groups in total. The van der Waals surface area contributed by atoms with Crippen LogP contribution in [0.1, 0.15) is 31.7 Å². The smallest absolute Gasteiger partial charge is 0.324 e. The molecular formula is C26H34N2O7S. The van der Waals surface area contributed by atoms with Crippen LogP contribution in [0.2, 0.25) is 0 Å². The second-order valence-electron chi connectivity index (χ2n) is 8.75. The number of hydrogen-bond acceptors (Lipinski definition) is 7. The van der Waals surface area contributed by atoms with Crippen molar-refractivity contribution in [1.82, 2.24) is 9.21 Å². The summed E-state index contributed by atoms with van der Waals surface area (Å²) < 4.78 is 38.1. The molecular weight excluding hydrogens is 484 g/mol. The summed E-state index contributed by atoms with van der Waals surface area (Å²) in [5, 5.41) is 10.7. The minimum Gasteiger partial charge on any atom is -0.497 e. The van der Waals surface area contributed by atoms with E-state index in [1.165, 1.54) is 43.4 Å². The molecule has 0 bridgehead atoms. The summed E-state index contributed by atoms with van der Waals surface area (Å²) in [7, 11) is -1.38. The number of ether oxygens (including phenoxy) is 2. The molecule has 0 aromatic heterocycles. The zero-order valence-electron chi connectivity index (χ0n) is 20.9. The van der Waals surface area contributed by atoms with Gasteiger partial charge in [-0.3, -0.25) is 9.59 Å². The fourth-order valence-electron chi connectivity index (χ4n) is 4.49. The lowest BCUT2D eigenvalue weighted by atomic mass is 10.0. The Morgan fingerprint density at radius 3 is 2.36 bits per heavy atom. The molecule has 36 heavy (non-hydrogen) atoms. The highest BCUT2D eigenvalue weighted by Gasteiger charge is 2.47. The number of carbonyl (C=O) groups is 2. The lowest BCUT2D eigenvalue weighted by molar-refractivity contribution is -0.145. The molecule has 1 amide bonds. The number of carbonyl (C=O) groups excluding carboxylic acids is 2. The van der Waals surface area contributed by atoms with Gasteiger partial charge in [0.1, 0.15) is 17.9 Å². The maximum absolute atomic E-state index is 13.5. The van der Waals surface area contributed by atoms with Gasteiger partial charge in [-0.05, 0) is 55.5 Å². The molecule has 1 heterocycles. The molecule has 10 heteroatoms. The first-order valence-corrected chi connectivity index (χ1v) is 13.4. The van der Waals surface area contributed by atoms with Gasteiger partial charge in [-0.2, -0.15) is 4.31 Å². The highest BCUT2D eigenvalue weighted by molar-refractivity contribution is 7.89. The monoisotopic (exact) mass is 518 g/mol. The average Bonchev–Trinajstić information content (AvgIpc) is 3.36. The Balaban J connectivity index is 1.82. The third kappa shape index (κ3) is 6.24. The van der Waals surface area contributed by atoms with E-state index in [2.05, 4.69) is 0 Å². The summed E-state index contributed by atoms with van der Waals surface area (Å²) in [5.41, 5.74) is 1.01. The Morgan fingerprint density at radius 2 is 1.78 bits per heavy atom. The summed E-state index contributed by atoms with van der Waals surface area (Å²) >= 11 is 0. The molecule has 0 saturated carbocycles. The summed E-state index contributed by atoms with van der Waals surface area (Å²) in [6.07, 6.45) is 0.229. The minimum absolute atomic E-state index is 0.00844. The van der Waals surface area contributed by atoms with Crippen molar-refractivity contribution in [2.45, 2.75) is 55.7 Å². The molecule has 0 spiro atoms. The molecule has 1 fully saturated rings. The predicted octanol–water partition coefficient (Wildman–Crippen LogP) is 2.23. The van der Waals surface area contributed by atoms with Gasteiger partial charge in [0.15, 0.2) is 0 Å². The molecule has 3 rings (SSSR count). The largest absolute Gasteiger partial charge is 0.497 e. The topological polar surface area (TPSA) is 113 Å². The normalized spacial score (nSPS) is 19.0. The Hall–Kier alpha value is -2.95. The van der Waals surface area contributed by atoms with E-state index in [9.17, 15) is 23.1 Å². The van der Waals surface area contributed by atoms with Crippen molar-refractivity contribution in [3.05, 3.63) is 60.2 Å². The fourth-order valence-corrected chi connectivity index (χ4v) is 6.11. The van der Waals surface area contributed by atoms with E-state index in [0.29, 0.717) is 25.1 Å². The van der Waals surface area contributed by atoms with Crippen LogP contribution >= 0.6 is 0 Å². The zero-order chi connectivity index (χ0) is 26.3. The number of aliphatic hydroxyl groups is 1. The fraction of sp³-hybridized carbons (Fsp3) is 0.462. The van der Waals surface area contributed by atoms with Crippen LogP contribution in [0.15, 0.2) is 59.5 Å². The lowest BCUT2D eigenvalue weighted by Gasteiger charge is -2.30. The number of aryl methyl sites for hydroxylation is 1. The number of aliphatic hydroxyl groups excluding tert-OH is 1. The van der Waals surface area contributed by atoms with Crippen LogP contribution in [0.4, 0.5) is 0 Å². The average molecular weight is 519 g/mol. The van der Waals surface area contributed by atoms with Crippen LogP contribution in [-0.2, 0) is 30.8 Å². The van der Waals surface area contributed by atoms with Gasteiger partial charge in [0.25, 0.3) is 5.91 Å². The molecule has 0 aliphatic carbocycles. The van der Waals surface area contributed by atoms with Gasteiger partial charge < -0.3 is 19.5 Å². The molecule has 2 aromatic carbocycles. The number of rotatable bonds is 11. The summed E-state index contributed by atoms with van der Waals surface area (Å²) in [6.45, 7) is 2.15. The van der Waals surface area contributed by atoms with Crippen molar-refractivity contribution >= 4 is 21.9 Å². The number of benzene rings is 2. The number of nitrogens with zero attached hydrogens (tertiary/aromatic N) is 2. The molecule has 9 nitrogen and oxygen atoms in total. The molecule has 1 aliphatic heterocycles. The first-order valence-electron chi connectivity index (χ1n) is 12.0. The summed E-state index contributed by atoms with van der Waals surface area (Å²) in [6, 6.07) is 13.8. The van der Waals surface area contributed by atoms with E-state index in [-0.39, 0.29) is 24.3 Å². The van der Waals surface area contributed by atoms with Crippen LogP contribution in [-0.4, -0.2) is 80.1 Å². The second kappa shape index (κ2) is 12.3. The van der Waals surface area contributed by atoms with Gasteiger partial charge >= 0.3 is 5.97 Å². The molecule has 0 unspecified atom stereocenters. The van der Waals surface area contributed by atoms with E-state index in [1.807, 2.05) is 37.3 Å². The van der Waals surface area contributed by atoms with Gasteiger partial charge in [0.2, 0.25) is 10.0 Å². The van der Waals surface area contributed by atoms with E-state index in [0.717, 1.165) is 9.87 Å². The van der Waals surface area contributed by atoms with E-state index in [1.54, 1.807) is 0 Å². The van der Waals surface area contributed by atoms with Crippen LogP contribution in [0, 0.1) is 0 Å². The Bertz CT molecular complexity index is 1120. The number of esters is 1. The highest BCUT2D eigenvalue weighted by Crippen LogP contribution is 2.31. The van der Waals surface area contributed by atoms with Crippen molar-refractivity contribution in [3.8, 4) is 5.75 Å². The van der Waals surface area contributed by atoms with Crippen molar-refractivity contribution in [1.29, 1.82) is 0 Å². The number of methoxy groups -OCH3 is 2. The first-order chi connectivity index (χ1) is 17.2. The minimum atomic E-state index is -4.07. The maximum Gasteiger partial charge on any atom is 0.324 e. The maximum atomic E-state index is 13.5. The number of sulfonamides is 1. The lowest BCUT2D eigenvalue weighted by Crippen LogP contribution is -2.47. The van der Waals surface area contributed by atoms with Crippen LogP contribution in [0.3, 0.4) is 0 Å². The Morgan fingerprint density at radius 1 is 1.11 bits per heavy atom. The zero-order valence-corrected chi connectivity index (χ0v) is 21.7. The van der Waals surface area contributed by atoms with Crippen molar-refractivity contribution in [2.24, 2.45) is 0 Å². The summed E-state index contributed by atoms with van der Waals surface area (Å²) in [5.74, 6) is -0.657. The highest BCUT2D eigenvalue weighted by atomic mass is 32.2. The van der Waals surface area contributed by atoms with Crippen LogP contribution in [0.25, 0.3) is 0 Å². The molecule has 3 atom stereocenters.